The van der Waals surface area contributed by atoms with Crippen molar-refractivity contribution < 1.29 is 38.6 Å². The Balaban J connectivity index is 1.32. The SMILES string of the molecule is C[C@@H](O)[C@@H]1NC(=O)COc2cccc(c2)[C@H]2CN(C(=O)[C@H]3CCCO3)C[C@@H]2NC(=O)[C@H](Cc2ccccc2)NC(=O)CN(CC2CC2)C1=O. The second-order valence-electron chi connectivity index (χ2n) is 13.6. The molecule has 1 saturated carbocycles. The van der Waals surface area contributed by atoms with Crippen LogP contribution in [0.15, 0.2) is 54.6 Å². The molecule has 3 fully saturated rings. The van der Waals surface area contributed by atoms with Gasteiger partial charge in [0.25, 0.3) is 11.8 Å². The van der Waals surface area contributed by atoms with Crippen LogP contribution in [0, 0.1) is 5.92 Å². The maximum absolute atomic E-state index is 14.1. The predicted molar refractivity (Wildman–Crippen MR) is 177 cm³/mol. The van der Waals surface area contributed by atoms with Gasteiger partial charge in [-0.3, -0.25) is 24.0 Å². The number of rotatable bonds is 6. The fourth-order valence-corrected chi connectivity index (χ4v) is 6.83. The fourth-order valence-electron chi connectivity index (χ4n) is 6.83. The largest absolute Gasteiger partial charge is 0.484 e. The number of hydrogen-bond acceptors (Lipinski definition) is 8. The van der Waals surface area contributed by atoms with E-state index < -0.39 is 60.6 Å². The number of amides is 5. The van der Waals surface area contributed by atoms with Crippen molar-refractivity contribution in [1.29, 1.82) is 0 Å². The van der Waals surface area contributed by atoms with Crippen molar-refractivity contribution in [3.63, 3.8) is 0 Å². The normalized spacial score (nSPS) is 27.6. The van der Waals surface area contributed by atoms with E-state index in [0.29, 0.717) is 25.3 Å². The quantitative estimate of drug-likeness (QED) is 0.344. The number of likely N-dealkylation sites (tertiary alicyclic amines) is 1. The van der Waals surface area contributed by atoms with Crippen LogP contribution in [0.3, 0.4) is 0 Å². The Kier molecular flexibility index (Phi) is 10.8. The van der Waals surface area contributed by atoms with E-state index in [4.69, 9.17) is 9.47 Å². The molecule has 4 aliphatic rings. The molecule has 2 bridgehead atoms. The zero-order chi connectivity index (χ0) is 34.5. The molecule has 4 N–H and O–H groups in total. The second kappa shape index (κ2) is 15.4. The van der Waals surface area contributed by atoms with E-state index in [9.17, 15) is 29.1 Å². The molecule has 0 radical (unpaired) electrons. The van der Waals surface area contributed by atoms with Gasteiger partial charge in [0.2, 0.25) is 17.7 Å². The summed E-state index contributed by atoms with van der Waals surface area (Å²) in [6.07, 6.45) is 1.69. The number of hydrogen-bond donors (Lipinski definition) is 4. The molecule has 6 rings (SSSR count). The number of aliphatic hydroxyl groups excluding tert-OH is 1. The van der Waals surface area contributed by atoms with Crippen LogP contribution < -0.4 is 20.7 Å². The highest BCUT2D eigenvalue weighted by Gasteiger charge is 2.41. The predicted octanol–water partition coefficient (Wildman–Crippen LogP) is 0.500. The molecular weight excluding hydrogens is 630 g/mol. The van der Waals surface area contributed by atoms with Crippen molar-refractivity contribution in [2.75, 3.05) is 39.4 Å². The third-order valence-electron chi connectivity index (χ3n) is 9.64. The molecule has 1 aliphatic carbocycles. The van der Waals surface area contributed by atoms with Gasteiger partial charge in [-0.25, -0.2) is 0 Å². The third kappa shape index (κ3) is 8.76. The summed E-state index contributed by atoms with van der Waals surface area (Å²) >= 11 is 0. The van der Waals surface area contributed by atoms with Gasteiger partial charge in [0.1, 0.15) is 23.9 Å². The molecular formula is C36H45N5O8. The Hall–Kier alpha value is -4.49. The van der Waals surface area contributed by atoms with E-state index in [2.05, 4.69) is 16.0 Å². The van der Waals surface area contributed by atoms with Crippen molar-refractivity contribution in [3.8, 4) is 5.75 Å². The molecule has 5 amide bonds. The van der Waals surface area contributed by atoms with Crippen LogP contribution in [-0.2, 0) is 35.1 Å². The lowest BCUT2D eigenvalue weighted by Crippen LogP contribution is -2.58. The van der Waals surface area contributed by atoms with Gasteiger partial charge in [0, 0.05) is 38.6 Å². The molecule has 2 aromatic rings. The molecule has 13 heteroatoms. The van der Waals surface area contributed by atoms with Gasteiger partial charge in [0.15, 0.2) is 6.61 Å². The molecule has 49 heavy (non-hydrogen) atoms. The second-order valence-corrected chi connectivity index (χ2v) is 13.6. The third-order valence-corrected chi connectivity index (χ3v) is 9.64. The standard InChI is InChI=1S/C36H45N5O8/c1-22(42)33-36(47)40(17-24-12-13-24)20-31(43)37-28(15-23-7-3-2-4-8-23)34(45)38-29-19-41(35(46)30-11-6-14-48-30)18-27(29)25-9-5-10-26(16-25)49-21-32(44)39-33/h2-5,7-10,16,22,24,27-30,33,42H,6,11-15,17-21H2,1H3,(H,37,43)(H,38,45)(H,39,44)/t22-,27-,28+,29+,30-,33+/m1/s1. The molecule has 0 spiro atoms. The molecule has 3 aliphatic heterocycles. The minimum Gasteiger partial charge on any atom is -0.484 e. The molecule has 2 saturated heterocycles. The van der Waals surface area contributed by atoms with E-state index in [-0.39, 0.29) is 43.8 Å². The van der Waals surface area contributed by atoms with E-state index in [1.54, 1.807) is 23.1 Å². The van der Waals surface area contributed by atoms with Crippen molar-refractivity contribution in [2.24, 2.45) is 5.92 Å². The van der Waals surface area contributed by atoms with Crippen molar-refractivity contribution in [3.05, 3.63) is 65.7 Å². The highest BCUT2D eigenvalue weighted by molar-refractivity contribution is 5.93. The summed E-state index contributed by atoms with van der Waals surface area (Å²) in [6, 6.07) is 13.7. The molecule has 0 unspecified atom stereocenters. The Morgan fingerprint density at radius 1 is 0.959 bits per heavy atom. The summed E-state index contributed by atoms with van der Waals surface area (Å²) in [5.41, 5.74) is 1.62. The van der Waals surface area contributed by atoms with Gasteiger partial charge in [-0.05, 0) is 61.8 Å². The first-order valence-corrected chi connectivity index (χ1v) is 17.2. The van der Waals surface area contributed by atoms with Crippen LogP contribution in [0.1, 0.15) is 49.7 Å². The van der Waals surface area contributed by atoms with Crippen LogP contribution in [-0.4, -0.2) is 114 Å². The molecule has 3 heterocycles. The van der Waals surface area contributed by atoms with Crippen LogP contribution in [0.4, 0.5) is 0 Å². The Morgan fingerprint density at radius 2 is 1.76 bits per heavy atom. The molecule has 2 aromatic carbocycles. The average Bonchev–Trinajstić information content (AvgIpc) is 3.55. The van der Waals surface area contributed by atoms with E-state index in [0.717, 1.165) is 30.4 Å². The highest BCUT2D eigenvalue weighted by Crippen LogP contribution is 2.32. The van der Waals surface area contributed by atoms with Gasteiger partial charge in [-0.2, -0.15) is 0 Å². The summed E-state index contributed by atoms with van der Waals surface area (Å²) in [6.45, 7) is 2.02. The fraction of sp³-hybridized carbons (Fsp3) is 0.528. The van der Waals surface area contributed by atoms with Gasteiger partial charge in [-0.1, -0.05) is 42.5 Å². The minimum absolute atomic E-state index is 0.121. The monoisotopic (exact) mass is 675 g/mol. The van der Waals surface area contributed by atoms with E-state index >= 15 is 0 Å². The number of carbonyl (C=O) groups excluding carboxylic acids is 5. The zero-order valence-corrected chi connectivity index (χ0v) is 27.7. The van der Waals surface area contributed by atoms with E-state index in [1.165, 1.54) is 11.8 Å². The maximum Gasteiger partial charge on any atom is 0.258 e. The van der Waals surface area contributed by atoms with Crippen LogP contribution in [0.2, 0.25) is 0 Å². The number of aliphatic hydroxyl groups is 1. The number of benzene rings is 2. The zero-order valence-electron chi connectivity index (χ0n) is 27.7. The summed E-state index contributed by atoms with van der Waals surface area (Å²) in [4.78, 5) is 71.0. The number of nitrogens with zero attached hydrogens (tertiary/aromatic N) is 2. The Labute approximate surface area is 285 Å². The van der Waals surface area contributed by atoms with E-state index in [1.807, 2.05) is 36.4 Å². The lowest BCUT2D eigenvalue weighted by molar-refractivity contribution is -0.143. The summed E-state index contributed by atoms with van der Waals surface area (Å²) in [5.74, 6) is -2.00. The van der Waals surface area contributed by atoms with Crippen LogP contribution >= 0.6 is 0 Å². The Bertz CT molecular complexity index is 1530. The molecule has 262 valence electrons. The first-order chi connectivity index (χ1) is 23.6. The minimum atomic E-state index is -1.30. The number of carbonyl (C=O) groups is 5. The van der Waals surface area contributed by atoms with Gasteiger partial charge < -0.3 is 40.3 Å². The number of nitrogens with one attached hydrogen (secondary N) is 3. The first kappa shape index (κ1) is 34.4. The van der Waals surface area contributed by atoms with Crippen LogP contribution in [0.5, 0.6) is 5.75 Å². The molecule has 6 atom stereocenters. The van der Waals surface area contributed by atoms with Crippen molar-refractivity contribution >= 4 is 29.5 Å². The topological polar surface area (TPSA) is 167 Å². The summed E-state index contributed by atoms with van der Waals surface area (Å²) < 4.78 is 11.5. The van der Waals surface area contributed by atoms with Gasteiger partial charge >= 0.3 is 0 Å². The Morgan fingerprint density at radius 3 is 2.47 bits per heavy atom. The molecule has 13 nitrogen and oxygen atoms in total. The van der Waals surface area contributed by atoms with Crippen molar-refractivity contribution in [2.45, 2.75) is 75.3 Å². The smallest absolute Gasteiger partial charge is 0.258 e. The molecule has 0 aromatic heterocycles. The average molecular weight is 676 g/mol. The van der Waals surface area contributed by atoms with Crippen molar-refractivity contribution in [1.82, 2.24) is 25.8 Å². The maximum atomic E-state index is 14.1. The lowest BCUT2D eigenvalue weighted by atomic mass is 9.93. The van der Waals surface area contributed by atoms with Gasteiger partial charge in [0.05, 0.1) is 18.7 Å². The summed E-state index contributed by atoms with van der Waals surface area (Å²) in [7, 11) is 0. The first-order valence-electron chi connectivity index (χ1n) is 17.2. The number of ether oxygens (including phenoxy) is 2. The summed E-state index contributed by atoms with van der Waals surface area (Å²) in [5, 5.41) is 19.1. The van der Waals surface area contributed by atoms with Crippen LogP contribution in [0.25, 0.3) is 0 Å². The van der Waals surface area contributed by atoms with Gasteiger partial charge in [-0.15, -0.1) is 0 Å². The highest BCUT2D eigenvalue weighted by atomic mass is 16.5. The lowest BCUT2D eigenvalue weighted by Gasteiger charge is -2.30. The number of fused-ring (bicyclic) bond motifs is 4.